The number of nitrogens with zero attached hydrogens (tertiary/aromatic N) is 1. The van der Waals surface area contributed by atoms with E-state index in [9.17, 15) is 14.4 Å². The summed E-state index contributed by atoms with van der Waals surface area (Å²) in [5, 5.41) is 2.96. The quantitative estimate of drug-likeness (QED) is 0.824. The van der Waals surface area contributed by atoms with Crippen LogP contribution in [0.3, 0.4) is 0 Å². The van der Waals surface area contributed by atoms with Crippen LogP contribution in [0.4, 0.5) is 5.69 Å². The molecular formula is C18H23N3O3. The number of para-hydroxylation sites is 1. The molecular weight excluding hydrogens is 306 g/mol. The maximum absolute atomic E-state index is 12.5. The fourth-order valence-electron chi connectivity index (χ4n) is 3.45. The van der Waals surface area contributed by atoms with Gasteiger partial charge < -0.3 is 11.1 Å². The lowest BCUT2D eigenvalue weighted by Gasteiger charge is -2.26. The van der Waals surface area contributed by atoms with Crippen LogP contribution >= 0.6 is 0 Å². The number of hydrogen-bond donors (Lipinski definition) is 2. The number of hydrogen-bond acceptors (Lipinski definition) is 4. The third kappa shape index (κ3) is 3.64. The van der Waals surface area contributed by atoms with Crippen LogP contribution in [0.15, 0.2) is 24.3 Å². The van der Waals surface area contributed by atoms with Gasteiger partial charge in [0.1, 0.15) is 0 Å². The lowest BCUT2D eigenvalue weighted by Crippen LogP contribution is -2.34. The van der Waals surface area contributed by atoms with Crippen LogP contribution in [-0.2, 0) is 20.9 Å². The summed E-state index contributed by atoms with van der Waals surface area (Å²) < 4.78 is 0. The number of likely N-dealkylation sites (tertiary alicyclic amines) is 1. The molecule has 1 saturated carbocycles. The number of nitrogens with one attached hydrogen (secondary N) is 1. The largest absolute Gasteiger partial charge is 0.328 e. The van der Waals surface area contributed by atoms with Crippen LogP contribution in [-0.4, -0.2) is 28.7 Å². The van der Waals surface area contributed by atoms with Crippen molar-refractivity contribution in [2.45, 2.75) is 51.1 Å². The van der Waals surface area contributed by atoms with E-state index in [0.717, 1.165) is 24.8 Å². The second-order valence-electron chi connectivity index (χ2n) is 6.64. The van der Waals surface area contributed by atoms with Gasteiger partial charge in [-0.2, -0.15) is 0 Å². The van der Waals surface area contributed by atoms with E-state index in [1.54, 1.807) is 6.07 Å². The molecule has 1 aromatic rings. The van der Waals surface area contributed by atoms with Crippen molar-refractivity contribution in [1.29, 1.82) is 0 Å². The van der Waals surface area contributed by atoms with E-state index in [1.165, 1.54) is 4.90 Å². The first-order valence-electron chi connectivity index (χ1n) is 8.52. The Morgan fingerprint density at radius 3 is 2.58 bits per heavy atom. The van der Waals surface area contributed by atoms with Crippen molar-refractivity contribution in [3.63, 3.8) is 0 Å². The summed E-state index contributed by atoms with van der Waals surface area (Å²) in [6.45, 7) is 0.207. The van der Waals surface area contributed by atoms with Crippen LogP contribution in [0.1, 0.15) is 44.1 Å². The van der Waals surface area contributed by atoms with Crippen molar-refractivity contribution in [3.8, 4) is 0 Å². The Balaban J connectivity index is 1.71. The highest BCUT2D eigenvalue weighted by atomic mass is 16.2. The van der Waals surface area contributed by atoms with Crippen molar-refractivity contribution >= 4 is 23.4 Å². The molecule has 3 N–H and O–H groups in total. The molecule has 3 rings (SSSR count). The zero-order valence-electron chi connectivity index (χ0n) is 13.7. The molecule has 3 amide bonds. The van der Waals surface area contributed by atoms with Gasteiger partial charge in [-0.15, -0.1) is 0 Å². The van der Waals surface area contributed by atoms with Crippen molar-refractivity contribution in [2.75, 3.05) is 5.32 Å². The first-order valence-corrected chi connectivity index (χ1v) is 8.52. The van der Waals surface area contributed by atoms with Crippen molar-refractivity contribution < 1.29 is 14.4 Å². The molecule has 0 spiro atoms. The van der Waals surface area contributed by atoms with Crippen molar-refractivity contribution in [2.24, 2.45) is 11.7 Å². The maximum atomic E-state index is 12.5. The second kappa shape index (κ2) is 7.13. The number of rotatable bonds is 4. The third-order valence-corrected chi connectivity index (χ3v) is 4.84. The zero-order valence-corrected chi connectivity index (χ0v) is 13.7. The van der Waals surface area contributed by atoms with Gasteiger partial charge in [0.2, 0.25) is 17.7 Å². The Morgan fingerprint density at radius 2 is 1.88 bits per heavy atom. The van der Waals surface area contributed by atoms with Crippen LogP contribution in [0.2, 0.25) is 0 Å². The Morgan fingerprint density at radius 1 is 1.17 bits per heavy atom. The molecule has 128 valence electrons. The van der Waals surface area contributed by atoms with Gasteiger partial charge in [0.05, 0.1) is 6.54 Å². The zero-order chi connectivity index (χ0) is 17.1. The number of nitrogens with two attached hydrogens (primary N) is 1. The highest BCUT2D eigenvalue weighted by molar-refractivity contribution is 6.02. The highest BCUT2D eigenvalue weighted by Gasteiger charge is 2.30. The van der Waals surface area contributed by atoms with Gasteiger partial charge in [-0.05, 0) is 30.9 Å². The standard InChI is InChI=1S/C18H23N3O3/c19-14-6-3-5-12(10-14)18(24)20-15-7-2-1-4-13(15)11-21-16(22)8-9-17(21)23/h1-2,4,7,12,14H,3,5-6,8-11,19H2,(H,20,24). The van der Waals surface area contributed by atoms with Crippen molar-refractivity contribution in [3.05, 3.63) is 29.8 Å². The van der Waals surface area contributed by atoms with E-state index in [-0.39, 0.29) is 49.1 Å². The first kappa shape index (κ1) is 16.6. The summed E-state index contributed by atoms with van der Waals surface area (Å²) in [6.07, 6.45) is 4.04. The molecule has 0 aromatic heterocycles. The molecule has 1 saturated heterocycles. The van der Waals surface area contributed by atoms with Gasteiger partial charge in [0.15, 0.2) is 0 Å². The normalized spacial score (nSPS) is 24.3. The minimum absolute atomic E-state index is 0.0309. The Labute approximate surface area is 141 Å². The lowest BCUT2D eigenvalue weighted by atomic mass is 9.85. The molecule has 0 bridgehead atoms. The van der Waals surface area contributed by atoms with Crippen molar-refractivity contribution in [1.82, 2.24) is 4.90 Å². The van der Waals surface area contributed by atoms with E-state index in [4.69, 9.17) is 5.73 Å². The fraction of sp³-hybridized carbons (Fsp3) is 0.500. The maximum Gasteiger partial charge on any atom is 0.229 e. The predicted molar refractivity (Wildman–Crippen MR) is 89.8 cm³/mol. The van der Waals surface area contributed by atoms with E-state index < -0.39 is 0 Å². The summed E-state index contributed by atoms with van der Waals surface area (Å²) in [5.74, 6) is -0.410. The first-order chi connectivity index (χ1) is 11.5. The SMILES string of the molecule is NC1CCCC(C(=O)Nc2ccccc2CN2C(=O)CCC2=O)C1. The average Bonchev–Trinajstić information content (AvgIpc) is 2.88. The van der Waals surface area contributed by atoms with Gasteiger partial charge in [0, 0.05) is 30.5 Å². The Bertz CT molecular complexity index is 643. The van der Waals surface area contributed by atoms with Gasteiger partial charge in [-0.1, -0.05) is 24.6 Å². The molecule has 1 heterocycles. The molecule has 1 aliphatic carbocycles. The number of benzene rings is 1. The predicted octanol–water partition coefficient (Wildman–Crippen LogP) is 1.79. The van der Waals surface area contributed by atoms with Crippen LogP contribution in [0.5, 0.6) is 0 Å². The molecule has 2 fully saturated rings. The molecule has 1 aromatic carbocycles. The van der Waals surface area contributed by atoms with E-state index in [0.29, 0.717) is 12.1 Å². The molecule has 2 aliphatic rings. The van der Waals surface area contributed by atoms with Crippen LogP contribution < -0.4 is 11.1 Å². The average molecular weight is 329 g/mol. The summed E-state index contributed by atoms with van der Waals surface area (Å²) in [7, 11) is 0. The molecule has 1 aliphatic heterocycles. The second-order valence-corrected chi connectivity index (χ2v) is 6.64. The molecule has 2 atom stereocenters. The summed E-state index contributed by atoms with van der Waals surface area (Å²) >= 11 is 0. The molecule has 6 heteroatoms. The van der Waals surface area contributed by atoms with Gasteiger partial charge in [0.25, 0.3) is 0 Å². The number of anilines is 1. The molecule has 2 unspecified atom stereocenters. The lowest BCUT2D eigenvalue weighted by molar-refractivity contribution is -0.139. The minimum atomic E-state index is -0.153. The molecule has 24 heavy (non-hydrogen) atoms. The van der Waals surface area contributed by atoms with E-state index in [1.807, 2.05) is 18.2 Å². The summed E-state index contributed by atoms with van der Waals surface area (Å²) in [6, 6.07) is 7.40. The smallest absolute Gasteiger partial charge is 0.229 e. The van der Waals surface area contributed by atoms with Gasteiger partial charge in [-0.3, -0.25) is 19.3 Å². The number of imide groups is 1. The monoisotopic (exact) mass is 329 g/mol. The van der Waals surface area contributed by atoms with Crippen LogP contribution in [0, 0.1) is 5.92 Å². The van der Waals surface area contributed by atoms with E-state index in [2.05, 4.69) is 5.32 Å². The van der Waals surface area contributed by atoms with Gasteiger partial charge in [-0.25, -0.2) is 0 Å². The van der Waals surface area contributed by atoms with Crippen LogP contribution in [0.25, 0.3) is 0 Å². The number of carbonyl (C=O) groups excluding carboxylic acids is 3. The summed E-state index contributed by atoms with van der Waals surface area (Å²) in [5.41, 5.74) is 7.40. The molecule has 6 nitrogen and oxygen atoms in total. The Kier molecular flexibility index (Phi) is 4.94. The van der Waals surface area contributed by atoms with Gasteiger partial charge >= 0.3 is 0 Å². The molecule has 0 radical (unpaired) electrons. The Hall–Kier alpha value is -2.21. The topological polar surface area (TPSA) is 92.5 Å². The highest BCUT2D eigenvalue weighted by Crippen LogP contribution is 2.26. The van der Waals surface area contributed by atoms with E-state index >= 15 is 0 Å². The number of carbonyl (C=O) groups is 3. The summed E-state index contributed by atoms with van der Waals surface area (Å²) in [4.78, 5) is 37.4. The number of amides is 3. The third-order valence-electron chi connectivity index (χ3n) is 4.84. The fourth-order valence-corrected chi connectivity index (χ4v) is 3.45. The minimum Gasteiger partial charge on any atom is -0.328 e.